The highest BCUT2D eigenvalue weighted by atomic mass is 16.6. The van der Waals surface area contributed by atoms with Gasteiger partial charge in [-0.3, -0.25) is 15.5 Å². The van der Waals surface area contributed by atoms with E-state index in [1.807, 2.05) is 0 Å². The first kappa shape index (κ1) is 9.18. The molecule has 13 heavy (non-hydrogen) atoms. The summed E-state index contributed by atoms with van der Waals surface area (Å²) in [5.41, 5.74) is 0.0735. The highest BCUT2D eigenvalue weighted by molar-refractivity contribution is 5.95. The van der Waals surface area contributed by atoms with Gasteiger partial charge in [0.1, 0.15) is 5.56 Å². The average Bonchev–Trinajstić information content (AvgIpc) is 2.16. The molecule has 0 heterocycles. The third-order valence-corrected chi connectivity index (χ3v) is 1.55. The molecule has 0 unspecified atom stereocenters. The molecule has 0 aromatic heterocycles. The Labute approximate surface area is 74.6 Å². The van der Waals surface area contributed by atoms with E-state index < -0.39 is 4.92 Å². The zero-order chi connectivity index (χ0) is 9.84. The molecule has 0 radical (unpaired) electrons. The first-order valence-corrected chi connectivity index (χ1v) is 3.53. The molecular weight excluding hydrogens is 172 g/mol. The van der Waals surface area contributed by atoms with Crippen LogP contribution in [0.4, 0.5) is 5.69 Å². The van der Waals surface area contributed by atoms with Crippen LogP contribution < -0.4 is 0 Å². The summed E-state index contributed by atoms with van der Waals surface area (Å²) in [6, 6.07) is 5.98. The van der Waals surface area contributed by atoms with Crippen molar-refractivity contribution < 1.29 is 9.66 Å². The largest absolute Gasteiger partial charge is 0.481 e. The van der Waals surface area contributed by atoms with Crippen LogP contribution in [0.15, 0.2) is 24.3 Å². The number of hydrogen-bond donors (Lipinski definition) is 1. The van der Waals surface area contributed by atoms with E-state index in [4.69, 9.17) is 5.41 Å². The van der Waals surface area contributed by atoms with Crippen molar-refractivity contribution in [1.82, 2.24) is 0 Å². The van der Waals surface area contributed by atoms with Gasteiger partial charge in [0.05, 0.1) is 12.0 Å². The third-order valence-electron chi connectivity index (χ3n) is 1.55. The van der Waals surface area contributed by atoms with Crippen LogP contribution in [0.5, 0.6) is 0 Å². The molecular formula is C8H8N2O3. The Balaban J connectivity index is 3.19. The Morgan fingerprint density at radius 3 is 2.69 bits per heavy atom. The second-order valence-corrected chi connectivity index (χ2v) is 2.31. The average molecular weight is 180 g/mol. The standard InChI is InChI=1S/C8H8N2O3/c1-13-8(9)6-4-2-3-5-7(6)10(11)12/h2-5,9H,1H3. The van der Waals surface area contributed by atoms with Crippen molar-refractivity contribution >= 4 is 11.6 Å². The maximum Gasteiger partial charge on any atom is 0.282 e. The molecule has 0 spiro atoms. The minimum Gasteiger partial charge on any atom is -0.481 e. The van der Waals surface area contributed by atoms with Gasteiger partial charge in [0, 0.05) is 6.07 Å². The molecule has 1 rings (SSSR count). The molecule has 5 nitrogen and oxygen atoms in total. The minimum absolute atomic E-state index is 0.116. The molecule has 0 aliphatic carbocycles. The predicted octanol–water partition coefficient (Wildman–Crippen LogP) is 1.57. The van der Waals surface area contributed by atoms with Crippen molar-refractivity contribution in [2.45, 2.75) is 0 Å². The first-order chi connectivity index (χ1) is 6.16. The monoisotopic (exact) mass is 180 g/mol. The van der Waals surface area contributed by atoms with E-state index >= 15 is 0 Å². The fourth-order valence-corrected chi connectivity index (χ4v) is 0.935. The van der Waals surface area contributed by atoms with Gasteiger partial charge in [0.25, 0.3) is 5.69 Å². The Morgan fingerprint density at radius 1 is 1.54 bits per heavy atom. The molecule has 0 saturated heterocycles. The highest BCUT2D eigenvalue weighted by Gasteiger charge is 2.16. The van der Waals surface area contributed by atoms with Crippen LogP contribution >= 0.6 is 0 Å². The van der Waals surface area contributed by atoms with Crippen LogP contribution in [-0.4, -0.2) is 17.9 Å². The molecule has 0 saturated carbocycles. The van der Waals surface area contributed by atoms with Crippen molar-refractivity contribution in [1.29, 1.82) is 5.41 Å². The SMILES string of the molecule is COC(=N)c1ccccc1[N+](=O)[O-]. The lowest BCUT2D eigenvalue weighted by Gasteiger charge is -2.01. The Hall–Kier alpha value is -1.91. The van der Waals surface area contributed by atoms with E-state index in [0.717, 1.165) is 0 Å². The molecule has 1 aromatic carbocycles. The number of nitrogens with zero attached hydrogens (tertiary/aromatic N) is 1. The van der Waals surface area contributed by atoms with Gasteiger partial charge in [-0.25, -0.2) is 0 Å². The molecule has 0 aliphatic heterocycles. The van der Waals surface area contributed by atoms with Gasteiger partial charge in [-0.1, -0.05) is 12.1 Å². The lowest BCUT2D eigenvalue weighted by Crippen LogP contribution is -2.05. The fraction of sp³-hybridized carbons (Fsp3) is 0.125. The van der Waals surface area contributed by atoms with Gasteiger partial charge in [-0.2, -0.15) is 0 Å². The Morgan fingerprint density at radius 2 is 2.15 bits per heavy atom. The van der Waals surface area contributed by atoms with Crippen molar-refractivity contribution in [3.63, 3.8) is 0 Å². The minimum atomic E-state index is -0.539. The van der Waals surface area contributed by atoms with Crippen LogP contribution in [-0.2, 0) is 4.74 Å². The lowest BCUT2D eigenvalue weighted by molar-refractivity contribution is -0.385. The summed E-state index contributed by atoms with van der Waals surface area (Å²) in [6.45, 7) is 0. The first-order valence-electron chi connectivity index (χ1n) is 3.53. The summed E-state index contributed by atoms with van der Waals surface area (Å²) in [5, 5.41) is 17.8. The molecule has 68 valence electrons. The van der Waals surface area contributed by atoms with Crippen LogP contribution in [0, 0.1) is 15.5 Å². The summed E-state index contributed by atoms with van der Waals surface area (Å²) in [7, 11) is 1.30. The van der Waals surface area contributed by atoms with Crippen molar-refractivity contribution in [2.75, 3.05) is 7.11 Å². The highest BCUT2D eigenvalue weighted by Crippen LogP contribution is 2.17. The summed E-state index contributed by atoms with van der Waals surface area (Å²) >= 11 is 0. The number of para-hydroxylation sites is 1. The van der Waals surface area contributed by atoms with Gasteiger partial charge in [-0.15, -0.1) is 0 Å². The maximum atomic E-state index is 10.5. The Kier molecular flexibility index (Phi) is 2.59. The fourth-order valence-electron chi connectivity index (χ4n) is 0.935. The summed E-state index contributed by atoms with van der Waals surface area (Å²) in [6.07, 6.45) is 0. The molecule has 1 aromatic rings. The van der Waals surface area contributed by atoms with Gasteiger partial charge < -0.3 is 4.74 Å². The van der Waals surface area contributed by atoms with Crippen molar-refractivity contribution in [3.8, 4) is 0 Å². The number of benzene rings is 1. The number of hydrogen-bond acceptors (Lipinski definition) is 4. The topological polar surface area (TPSA) is 76.2 Å². The van der Waals surface area contributed by atoms with E-state index in [-0.39, 0.29) is 17.1 Å². The van der Waals surface area contributed by atoms with Crippen molar-refractivity contribution in [2.24, 2.45) is 0 Å². The van der Waals surface area contributed by atoms with Gasteiger partial charge in [0.15, 0.2) is 0 Å². The quantitative estimate of drug-likeness (QED) is 0.325. The molecule has 5 heteroatoms. The van der Waals surface area contributed by atoms with Gasteiger partial charge in [-0.05, 0) is 6.07 Å². The Bertz CT molecular complexity index is 349. The van der Waals surface area contributed by atoms with Crippen LogP contribution in [0.3, 0.4) is 0 Å². The second-order valence-electron chi connectivity index (χ2n) is 2.31. The summed E-state index contributed by atoms with van der Waals surface area (Å²) < 4.78 is 4.61. The van der Waals surface area contributed by atoms with E-state index in [1.165, 1.54) is 19.2 Å². The second kappa shape index (κ2) is 3.66. The van der Waals surface area contributed by atoms with E-state index in [1.54, 1.807) is 12.1 Å². The van der Waals surface area contributed by atoms with Crippen molar-refractivity contribution in [3.05, 3.63) is 39.9 Å². The number of ether oxygens (including phenoxy) is 1. The van der Waals surface area contributed by atoms with Gasteiger partial charge >= 0.3 is 0 Å². The van der Waals surface area contributed by atoms with E-state index in [2.05, 4.69) is 4.74 Å². The summed E-state index contributed by atoms with van der Waals surface area (Å²) in [4.78, 5) is 9.96. The number of methoxy groups -OCH3 is 1. The van der Waals surface area contributed by atoms with E-state index in [9.17, 15) is 10.1 Å². The van der Waals surface area contributed by atoms with Crippen LogP contribution in [0.2, 0.25) is 0 Å². The maximum absolute atomic E-state index is 10.5. The zero-order valence-electron chi connectivity index (χ0n) is 6.98. The number of nitro benzene ring substituents is 1. The molecule has 1 N–H and O–H groups in total. The predicted molar refractivity (Wildman–Crippen MR) is 46.9 cm³/mol. The lowest BCUT2D eigenvalue weighted by atomic mass is 10.2. The third kappa shape index (κ3) is 1.81. The normalized spacial score (nSPS) is 9.31. The molecule has 0 amide bonds. The number of nitrogens with one attached hydrogen (secondary N) is 1. The molecule has 0 atom stereocenters. The number of rotatable bonds is 2. The zero-order valence-corrected chi connectivity index (χ0v) is 6.98. The van der Waals surface area contributed by atoms with Crippen LogP contribution in [0.25, 0.3) is 0 Å². The summed E-state index contributed by atoms with van der Waals surface area (Å²) in [5.74, 6) is -0.202. The molecule has 0 bridgehead atoms. The molecule has 0 aliphatic rings. The number of nitro groups is 1. The smallest absolute Gasteiger partial charge is 0.282 e. The molecule has 0 fully saturated rings. The van der Waals surface area contributed by atoms with Gasteiger partial charge in [0.2, 0.25) is 5.90 Å². The van der Waals surface area contributed by atoms with E-state index in [0.29, 0.717) is 0 Å². The van der Waals surface area contributed by atoms with Crippen LogP contribution in [0.1, 0.15) is 5.56 Å².